The molecule has 3 heteroatoms. The van der Waals surface area contributed by atoms with Gasteiger partial charge in [-0.05, 0) is 13.3 Å². The summed E-state index contributed by atoms with van der Waals surface area (Å²) >= 11 is 0. The molecule has 1 saturated heterocycles. The minimum absolute atomic E-state index is 0.404. The Hall–Kier alpha value is -0.380. The first kappa shape index (κ1) is 18.0. The van der Waals surface area contributed by atoms with Crippen LogP contribution in [0.5, 0.6) is 0 Å². The Morgan fingerprint density at radius 3 is 2.50 bits per heavy atom. The van der Waals surface area contributed by atoms with Gasteiger partial charge in [-0.3, -0.25) is 4.90 Å². The van der Waals surface area contributed by atoms with E-state index < -0.39 is 0 Å². The van der Waals surface area contributed by atoms with Gasteiger partial charge in [0.25, 0.3) is 0 Å². The number of ether oxygens (including phenoxy) is 2. The highest BCUT2D eigenvalue weighted by Gasteiger charge is 2.15. The van der Waals surface area contributed by atoms with E-state index in [1.165, 1.54) is 0 Å². The molecule has 0 N–H and O–H groups in total. The van der Waals surface area contributed by atoms with Crippen LogP contribution in [0, 0.1) is 0 Å². The van der Waals surface area contributed by atoms with Crippen LogP contribution in [0.25, 0.3) is 0 Å². The molecule has 0 saturated carbocycles. The SMILES string of the molecule is C=C.CC.COCCCN1CCO[C@@H](C)C1. The second-order valence-electron chi connectivity index (χ2n) is 3.33. The van der Waals surface area contributed by atoms with Crippen LogP contribution in [0.1, 0.15) is 27.2 Å². The highest BCUT2D eigenvalue weighted by molar-refractivity contribution is 4.67. The highest BCUT2D eigenvalue weighted by atomic mass is 16.5. The number of hydrogen-bond acceptors (Lipinski definition) is 3. The van der Waals surface area contributed by atoms with Crippen molar-refractivity contribution in [3.63, 3.8) is 0 Å². The Morgan fingerprint density at radius 1 is 1.38 bits per heavy atom. The average molecular weight is 231 g/mol. The summed E-state index contributed by atoms with van der Waals surface area (Å²) in [7, 11) is 1.75. The minimum Gasteiger partial charge on any atom is -0.385 e. The van der Waals surface area contributed by atoms with E-state index in [4.69, 9.17) is 9.47 Å². The molecule has 1 atom stereocenters. The number of nitrogens with zero attached hydrogens (tertiary/aromatic N) is 1. The van der Waals surface area contributed by atoms with E-state index in [1.54, 1.807) is 7.11 Å². The predicted molar refractivity (Wildman–Crippen MR) is 70.9 cm³/mol. The lowest BCUT2D eigenvalue weighted by molar-refractivity contribution is -0.0201. The molecular weight excluding hydrogens is 202 g/mol. The zero-order valence-corrected chi connectivity index (χ0v) is 11.5. The van der Waals surface area contributed by atoms with E-state index in [1.807, 2.05) is 13.8 Å². The van der Waals surface area contributed by atoms with Gasteiger partial charge in [0.05, 0.1) is 12.7 Å². The van der Waals surface area contributed by atoms with Crippen LogP contribution in [0.4, 0.5) is 0 Å². The summed E-state index contributed by atoms with van der Waals surface area (Å²) in [6, 6.07) is 0. The largest absolute Gasteiger partial charge is 0.385 e. The molecule has 0 unspecified atom stereocenters. The molecule has 3 nitrogen and oxygen atoms in total. The van der Waals surface area contributed by atoms with Crippen molar-refractivity contribution < 1.29 is 9.47 Å². The van der Waals surface area contributed by atoms with Crippen molar-refractivity contribution in [3.8, 4) is 0 Å². The maximum absolute atomic E-state index is 5.44. The molecule has 16 heavy (non-hydrogen) atoms. The third kappa shape index (κ3) is 10.1. The normalized spacial score (nSPS) is 20.1. The average Bonchev–Trinajstić information content (AvgIpc) is 2.35. The quantitative estimate of drug-likeness (QED) is 0.548. The molecule has 1 fully saturated rings. The van der Waals surface area contributed by atoms with Gasteiger partial charge in [0.2, 0.25) is 0 Å². The zero-order chi connectivity index (χ0) is 12.8. The Balaban J connectivity index is 0. The Labute approximate surface area is 101 Å². The maximum Gasteiger partial charge on any atom is 0.0674 e. The first-order valence-corrected chi connectivity index (χ1v) is 6.16. The van der Waals surface area contributed by atoms with Crippen LogP contribution in [0.3, 0.4) is 0 Å². The van der Waals surface area contributed by atoms with Crippen molar-refractivity contribution in [2.75, 3.05) is 40.0 Å². The molecule has 0 aliphatic carbocycles. The fourth-order valence-corrected chi connectivity index (χ4v) is 1.53. The Kier molecular flexibility index (Phi) is 16.4. The van der Waals surface area contributed by atoms with Crippen LogP contribution in [0.15, 0.2) is 13.2 Å². The molecule has 0 aromatic rings. The standard InChI is InChI=1S/C9H19NO2.C2H6.C2H4/c1-9-8-10(5-7-12-9)4-3-6-11-2;2*1-2/h9H,3-8H2,1-2H3;1-2H3;1-2H2/t9-;;/m0../s1. The molecule has 1 heterocycles. The summed E-state index contributed by atoms with van der Waals surface area (Å²) in [4.78, 5) is 2.44. The Bertz CT molecular complexity index is 131. The second-order valence-corrected chi connectivity index (χ2v) is 3.33. The first-order valence-electron chi connectivity index (χ1n) is 6.16. The summed E-state index contributed by atoms with van der Waals surface area (Å²) in [6.45, 7) is 17.2. The summed E-state index contributed by atoms with van der Waals surface area (Å²) in [5.74, 6) is 0. The lowest BCUT2D eigenvalue weighted by atomic mass is 10.3. The van der Waals surface area contributed by atoms with Gasteiger partial charge in [0.1, 0.15) is 0 Å². The lowest BCUT2D eigenvalue weighted by Crippen LogP contribution is -2.41. The molecule has 1 aliphatic rings. The van der Waals surface area contributed by atoms with Crippen molar-refractivity contribution in [2.45, 2.75) is 33.3 Å². The smallest absolute Gasteiger partial charge is 0.0674 e. The molecule has 0 radical (unpaired) electrons. The molecule has 0 aromatic carbocycles. The van der Waals surface area contributed by atoms with Gasteiger partial charge in [0.15, 0.2) is 0 Å². The van der Waals surface area contributed by atoms with Crippen LogP contribution in [-0.2, 0) is 9.47 Å². The minimum atomic E-state index is 0.404. The molecule has 0 spiro atoms. The number of methoxy groups -OCH3 is 1. The van der Waals surface area contributed by atoms with E-state index >= 15 is 0 Å². The van der Waals surface area contributed by atoms with Crippen molar-refractivity contribution in [1.29, 1.82) is 0 Å². The summed E-state index contributed by atoms with van der Waals surface area (Å²) < 4.78 is 10.4. The van der Waals surface area contributed by atoms with E-state index in [2.05, 4.69) is 25.0 Å². The van der Waals surface area contributed by atoms with Crippen LogP contribution >= 0.6 is 0 Å². The molecule has 0 bridgehead atoms. The summed E-state index contributed by atoms with van der Waals surface area (Å²) in [5, 5.41) is 0. The molecule has 98 valence electrons. The third-order valence-corrected chi connectivity index (χ3v) is 2.15. The van der Waals surface area contributed by atoms with Gasteiger partial charge in [-0.2, -0.15) is 0 Å². The predicted octanol–water partition coefficient (Wildman–Crippen LogP) is 2.57. The number of morpholine rings is 1. The van der Waals surface area contributed by atoms with Gasteiger partial charge in [-0.15, -0.1) is 13.2 Å². The fraction of sp³-hybridized carbons (Fsp3) is 0.846. The van der Waals surface area contributed by atoms with Gasteiger partial charge >= 0.3 is 0 Å². The monoisotopic (exact) mass is 231 g/mol. The highest BCUT2D eigenvalue weighted by Crippen LogP contribution is 2.04. The molecule has 1 aliphatic heterocycles. The first-order chi connectivity index (χ1) is 7.83. The van der Waals surface area contributed by atoms with Gasteiger partial charge in [-0.1, -0.05) is 13.8 Å². The Morgan fingerprint density at radius 2 is 2.00 bits per heavy atom. The van der Waals surface area contributed by atoms with Crippen molar-refractivity contribution in [2.24, 2.45) is 0 Å². The molecule has 0 amide bonds. The van der Waals surface area contributed by atoms with Crippen LogP contribution in [0.2, 0.25) is 0 Å². The number of hydrogen-bond donors (Lipinski definition) is 0. The van der Waals surface area contributed by atoms with Gasteiger partial charge in [0, 0.05) is 33.4 Å². The van der Waals surface area contributed by atoms with Gasteiger partial charge in [-0.25, -0.2) is 0 Å². The topological polar surface area (TPSA) is 21.7 Å². The van der Waals surface area contributed by atoms with E-state index in [0.29, 0.717) is 6.10 Å². The van der Waals surface area contributed by atoms with Crippen LogP contribution < -0.4 is 0 Å². The maximum atomic E-state index is 5.44. The van der Waals surface area contributed by atoms with E-state index in [0.717, 1.165) is 39.3 Å². The van der Waals surface area contributed by atoms with Crippen LogP contribution in [-0.4, -0.2) is 51.0 Å². The second kappa shape index (κ2) is 14.6. The lowest BCUT2D eigenvalue weighted by Gasteiger charge is -2.30. The third-order valence-electron chi connectivity index (χ3n) is 2.15. The zero-order valence-electron chi connectivity index (χ0n) is 11.5. The number of rotatable bonds is 4. The van der Waals surface area contributed by atoms with Crippen molar-refractivity contribution >= 4 is 0 Å². The van der Waals surface area contributed by atoms with E-state index in [9.17, 15) is 0 Å². The summed E-state index contributed by atoms with van der Waals surface area (Å²) in [6.07, 6.45) is 1.53. The fourth-order valence-electron chi connectivity index (χ4n) is 1.53. The van der Waals surface area contributed by atoms with Gasteiger partial charge < -0.3 is 9.47 Å². The van der Waals surface area contributed by atoms with Crippen molar-refractivity contribution in [3.05, 3.63) is 13.2 Å². The summed E-state index contributed by atoms with van der Waals surface area (Å²) in [5.41, 5.74) is 0. The molecule has 0 aromatic heterocycles. The molecular formula is C13H29NO2. The molecule has 1 rings (SSSR count). The van der Waals surface area contributed by atoms with E-state index in [-0.39, 0.29) is 0 Å². The van der Waals surface area contributed by atoms with Crippen molar-refractivity contribution in [1.82, 2.24) is 4.90 Å².